The van der Waals surface area contributed by atoms with Gasteiger partial charge in [0.25, 0.3) is 11.5 Å². The van der Waals surface area contributed by atoms with Crippen molar-refractivity contribution in [2.75, 3.05) is 6.54 Å². The van der Waals surface area contributed by atoms with Crippen molar-refractivity contribution in [3.05, 3.63) is 116 Å². The van der Waals surface area contributed by atoms with Crippen molar-refractivity contribution in [2.45, 2.75) is 24.8 Å². The lowest BCUT2D eigenvalue weighted by molar-refractivity contribution is -0.275. The van der Waals surface area contributed by atoms with Crippen LogP contribution in [0.4, 0.5) is 13.2 Å². The van der Waals surface area contributed by atoms with Crippen molar-refractivity contribution in [3.8, 4) is 0 Å². The Morgan fingerprint density at radius 3 is 2.36 bits per heavy atom. The largest absolute Gasteiger partial charge is 0.435 e. The van der Waals surface area contributed by atoms with Crippen molar-refractivity contribution in [1.82, 2.24) is 5.32 Å². The Hall–Kier alpha value is -3.79. The predicted octanol–water partition coefficient (Wildman–Crippen LogP) is 8.31. The number of benzene rings is 4. The molecule has 5 rings (SSSR count). The zero-order chi connectivity index (χ0) is 29.9. The van der Waals surface area contributed by atoms with Crippen molar-refractivity contribution >= 4 is 63.4 Å². The summed E-state index contributed by atoms with van der Waals surface area (Å²) in [6, 6.07) is 21.6. The molecule has 0 fully saturated rings. The second-order valence-corrected chi connectivity index (χ2v) is 10.5. The van der Waals surface area contributed by atoms with Crippen LogP contribution in [0.2, 0.25) is 15.1 Å². The quantitative estimate of drug-likeness (QED) is 0.120. The zero-order valence-electron chi connectivity index (χ0n) is 21.6. The smallest absolute Gasteiger partial charge is 0.391 e. The summed E-state index contributed by atoms with van der Waals surface area (Å²) in [6.45, 7) is 0.392. The van der Waals surface area contributed by atoms with Gasteiger partial charge >= 0.3 is 6.18 Å². The molecule has 42 heavy (non-hydrogen) atoms. The molecule has 6 nitrogen and oxygen atoms in total. The number of rotatable bonds is 8. The van der Waals surface area contributed by atoms with Crippen molar-refractivity contribution in [2.24, 2.45) is 10.3 Å². The van der Waals surface area contributed by atoms with Gasteiger partial charge in [0.1, 0.15) is 6.61 Å². The number of fused-ring (bicyclic) bond motifs is 1. The van der Waals surface area contributed by atoms with Gasteiger partial charge in [-0.2, -0.15) is 13.2 Å². The molecular formula is C30H21Cl3F3N3O3. The van der Waals surface area contributed by atoms with Gasteiger partial charge in [0.2, 0.25) is 0 Å². The number of oxime groups is 2. The van der Waals surface area contributed by atoms with Crippen LogP contribution < -0.4 is 5.32 Å². The van der Waals surface area contributed by atoms with E-state index in [1.165, 1.54) is 12.3 Å². The predicted molar refractivity (Wildman–Crippen MR) is 157 cm³/mol. The normalized spacial score (nSPS) is 16.9. The lowest BCUT2D eigenvalue weighted by atomic mass is 9.85. The molecule has 0 bridgehead atoms. The third-order valence-corrected chi connectivity index (χ3v) is 7.89. The number of hydrogen-bond acceptors (Lipinski definition) is 5. The molecule has 1 heterocycles. The Bertz CT molecular complexity index is 1670. The first-order valence-electron chi connectivity index (χ1n) is 12.6. The molecule has 0 aliphatic carbocycles. The number of nitrogens with one attached hydrogen (secondary N) is 1. The second-order valence-electron chi connectivity index (χ2n) is 9.35. The van der Waals surface area contributed by atoms with Gasteiger partial charge in [-0.05, 0) is 34.5 Å². The third kappa shape index (κ3) is 5.90. The highest BCUT2D eigenvalue weighted by atomic mass is 35.5. The Morgan fingerprint density at radius 1 is 1.00 bits per heavy atom. The number of halogens is 6. The highest BCUT2D eigenvalue weighted by Crippen LogP contribution is 2.51. The average molecular weight is 635 g/mol. The summed E-state index contributed by atoms with van der Waals surface area (Å²) in [5.74, 6) is -0.396. The van der Waals surface area contributed by atoms with Crippen molar-refractivity contribution in [1.29, 1.82) is 0 Å². The molecule has 1 N–H and O–H groups in total. The maximum atomic E-state index is 14.5. The number of carbonyl (C=O) groups excluding carboxylic acids is 1. The molecule has 0 saturated heterocycles. The molecule has 1 unspecified atom stereocenters. The second kappa shape index (κ2) is 12.2. The standard InChI is InChI=1S/C30H21Cl3F3N3O3/c31-24-14-19(15-25(32)27(24)33)29(30(34,35)36)16-26(39-42-29)22-10-11-23(21-9-5-4-8-20(21)22)28(40)37-12-13-38-41-17-18-6-2-1-3-7-18/h1-11,13-15H,12,16-17H2,(H,37,40). The van der Waals surface area contributed by atoms with E-state index in [0.29, 0.717) is 28.5 Å². The number of hydrogen-bond donors (Lipinski definition) is 1. The van der Waals surface area contributed by atoms with E-state index < -0.39 is 24.1 Å². The van der Waals surface area contributed by atoms with Gasteiger partial charge in [-0.1, -0.05) is 106 Å². The summed E-state index contributed by atoms with van der Waals surface area (Å²) >= 11 is 18.1. The van der Waals surface area contributed by atoms with E-state index in [4.69, 9.17) is 44.5 Å². The number of amides is 1. The molecule has 1 atom stereocenters. The van der Waals surface area contributed by atoms with E-state index in [1.54, 1.807) is 30.3 Å². The zero-order valence-corrected chi connectivity index (χ0v) is 23.9. The van der Waals surface area contributed by atoms with Crippen molar-refractivity contribution < 1.29 is 27.6 Å². The maximum Gasteiger partial charge on any atom is 0.435 e. The van der Waals surface area contributed by atoms with E-state index in [-0.39, 0.29) is 32.9 Å². The van der Waals surface area contributed by atoms with Crippen LogP contribution in [0.1, 0.15) is 33.5 Å². The summed E-state index contributed by atoms with van der Waals surface area (Å²) in [6.07, 6.45) is -4.10. The summed E-state index contributed by atoms with van der Waals surface area (Å²) < 4.78 is 43.6. The molecule has 0 radical (unpaired) electrons. The summed E-state index contributed by atoms with van der Waals surface area (Å²) in [7, 11) is 0. The maximum absolute atomic E-state index is 14.5. The summed E-state index contributed by atoms with van der Waals surface area (Å²) in [5.41, 5.74) is -1.46. The Morgan fingerprint density at radius 2 is 1.67 bits per heavy atom. The fraction of sp³-hybridized carbons (Fsp3) is 0.167. The number of nitrogens with zero attached hydrogens (tertiary/aromatic N) is 2. The number of carbonyl (C=O) groups is 1. The van der Waals surface area contributed by atoms with Gasteiger partial charge in [-0.15, -0.1) is 0 Å². The van der Waals surface area contributed by atoms with Gasteiger partial charge in [0, 0.05) is 23.1 Å². The minimum absolute atomic E-state index is 0.0420. The Kier molecular flexibility index (Phi) is 8.63. The molecule has 4 aromatic rings. The van der Waals surface area contributed by atoms with Crippen LogP contribution in [0.5, 0.6) is 0 Å². The monoisotopic (exact) mass is 633 g/mol. The van der Waals surface area contributed by atoms with Crippen LogP contribution in [0.15, 0.2) is 89.2 Å². The van der Waals surface area contributed by atoms with Crippen LogP contribution in [-0.4, -0.2) is 30.6 Å². The van der Waals surface area contributed by atoms with Crippen molar-refractivity contribution in [3.63, 3.8) is 0 Å². The fourth-order valence-electron chi connectivity index (χ4n) is 4.60. The average Bonchev–Trinajstić information content (AvgIpc) is 3.44. The lowest BCUT2D eigenvalue weighted by Gasteiger charge is -2.30. The fourth-order valence-corrected chi connectivity index (χ4v) is 5.19. The van der Waals surface area contributed by atoms with Gasteiger partial charge in [-0.3, -0.25) is 4.79 Å². The molecule has 1 amide bonds. The third-order valence-electron chi connectivity index (χ3n) is 6.69. The Balaban J connectivity index is 1.35. The highest BCUT2D eigenvalue weighted by molar-refractivity contribution is 6.48. The van der Waals surface area contributed by atoms with Crippen LogP contribution in [-0.2, 0) is 21.9 Å². The highest BCUT2D eigenvalue weighted by Gasteiger charge is 2.62. The SMILES string of the molecule is O=C(NCC=NOCc1ccccc1)c1ccc(C2=NOC(c3cc(Cl)c(Cl)c(Cl)c3)(C(F)(F)F)C2)c2ccccc12. The van der Waals surface area contributed by atoms with Gasteiger partial charge in [0.15, 0.2) is 0 Å². The van der Waals surface area contributed by atoms with E-state index in [0.717, 1.165) is 17.7 Å². The first-order valence-corrected chi connectivity index (χ1v) is 13.7. The van der Waals surface area contributed by atoms with Crippen LogP contribution in [0, 0.1) is 0 Å². The topological polar surface area (TPSA) is 72.3 Å². The minimum Gasteiger partial charge on any atom is -0.391 e. The van der Waals surface area contributed by atoms with Crippen LogP contribution in [0.25, 0.3) is 10.8 Å². The molecular weight excluding hydrogens is 614 g/mol. The molecule has 1 aliphatic heterocycles. The van der Waals surface area contributed by atoms with E-state index in [9.17, 15) is 18.0 Å². The molecule has 0 spiro atoms. The van der Waals surface area contributed by atoms with Crippen LogP contribution in [0.3, 0.4) is 0 Å². The van der Waals surface area contributed by atoms with E-state index in [2.05, 4.69) is 15.6 Å². The molecule has 4 aromatic carbocycles. The Labute approximate surface area is 253 Å². The van der Waals surface area contributed by atoms with Crippen LogP contribution >= 0.6 is 34.8 Å². The molecule has 216 valence electrons. The first kappa shape index (κ1) is 29.7. The number of alkyl halides is 3. The molecule has 0 aromatic heterocycles. The summed E-state index contributed by atoms with van der Waals surface area (Å²) in [5, 5.41) is 11.1. The molecule has 0 saturated carbocycles. The summed E-state index contributed by atoms with van der Waals surface area (Å²) in [4.78, 5) is 23.4. The van der Waals surface area contributed by atoms with Gasteiger partial charge in [-0.25, -0.2) is 0 Å². The lowest BCUT2D eigenvalue weighted by Crippen LogP contribution is -2.42. The van der Waals surface area contributed by atoms with E-state index >= 15 is 0 Å². The molecule has 1 aliphatic rings. The first-order chi connectivity index (χ1) is 20.1. The van der Waals surface area contributed by atoms with E-state index in [1.807, 2.05) is 30.3 Å². The minimum atomic E-state index is -4.87. The van der Waals surface area contributed by atoms with Gasteiger partial charge < -0.3 is 15.0 Å². The molecule has 12 heteroatoms. The van der Waals surface area contributed by atoms with Gasteiger partial charge in [0.05, 0.1) is 33.5 Å².